The van der Waals surface area contributed by atoms with Crippen molar-refractivity contribution >= 4 is 44.2 Å². The monoisotopic (exact) mass is 450 g/mol. The van der Waals surface area contributed by atoms with Crippen LogP contribution in [-0.2, 0) is 16.0 Å². The number of rotatable bonds is 6. The predicted octanol–water partition coefficient (Wildman–Crippen LogP) is 4.62. The minimum atomic E-state index is -0.0356. The molecular formula is C25H30N4O2S. The topological polar surface area (TPSA) is 65.5 Å². The zero-order valence-electron chi connectivity index (χ0n) is 18.9. The molecule has 1 aliphatic heterocycles. The van der Waals surface area contributed by atoms with Gasteiger partial charge in [0, 0.05) is 44.2 Å². The molecule has 1 aromatic heterocycles. The van der Waals surface area contributed by atoms with Gasteiger partial charge in [-0.2, -0.15) is 0 Å². The highest BCUT2D eigenvalue weighted by atomic mass is 32.1. The van der Waals surface area contributed by atoms with Crippen molar-refractivity contribution in [3.05, 3.63) is 53.6 Å². The van der Waals surface area contributed by atoms with E-state index in [2.05, 4.69) is 59.4 Å². The van der Waals surface area contributed by atoms with E-state index in [1.54, 1.807) is 0 Å². The van der Waals surface area contributed by atoms with Gasteiger partial charge in [0.15, 0.2) is 5.13 Å². The largest absolute Gasteiger partial charge is 0.365 e. The van der Waals surface area contributed by atoms with Crippen LogP contribution in [0, 0.1) is 6.92 Å². The van der Waals surface area contributed by atoms with Gasteiger partial charge < -0.3 is 15.1 Å². The standard InChI is InChI=1S/C25H30N4O2S/c1-4-23(30)27-25-26-21-10-8-19(15-22(21)32-25)9-11-24(31)28-12-13-29(18(3)16-28)20-7-5-6-17(2)14-20/h5-8,10,14-15,18H,4,9,11-13,16H2,1-3H3,(H,26,27,30)/t18-/m0/s1. The number of piperazine rings is 1. The molecule has 0 spiro atoms. The van der Waals surface area contributed by atoms with E-state index < -0.39 is 0 Å². The highest BCUT2D eigenvalue weighted by Crippen LogP contribution is 2.27. The number of benzene rings is 2. The second-order valence-corrected chi connectivity index (χ2v) is 9.47. The van der Waals surface area contributed by atoms with Gasteiger partial charge >= 0.3 is 0 Å². The molecule has 0 saturated carbocycles. The Balaban J connectivity index is 1.33. The number of amides is 2. The van der Waals surface area contributed by atoms with Gasteiger partial charge in [-0.3, -0.25) is 9.59 Å². The quantitative estimate of drug-likeness (QED) is 0.595. The molecule has 2 amide bonds. The Morgan fingerprint density at radius 2 is 2.03 bits per heavy atom. The van der Waals surface area contributed by atoms with Crippen LogP contribution >= 0.6 is 11.3 Å². The van der Waals surface area contributed by atoms with Crippen LogP contribution in [0.25, 0.3) is 10.2 Å². The van der Waals surface area contributed by atoms with E-state index in [9.17, 15) is 9.59 Å². The molecule has 1 atom stereocenters. The summed E-state index contributed by atoms with van der Waals surface area (Å²) < 4.78 is 1.03. The van der Waals surface area contributed by atoms with E-state index in [0.717, 1.165) is 35.4 Å². The van der Waals surface area contributed by atoms with Crippen LogP contribution in [0.1, 0.15) is 37.8 Å². The molecule has 1 aliphatic rings. The summed E-state index contributed by atoms with van der Waals surface area (Å²) in [4.78, 5) is 33.3. The maximum Gasteiger partial charge on any atom is 0.225 e. The molecule has 2 heterocycles. The van der Waals surface area contributed by atoms with Crippen molar-refractivity contribution in [1.82, 2.24) is 9.88 Å². The third kappa shape index (κ3) is 5.10. The number of nitrogens with one attached hydrogen (secondary N) is 1. The molecule has 3 aromatic rings. The lowest BCUT2D eigenvalue weighted by atomic mass is 10.1. The number of carbonyl (C=O) groups excluding carboxylic acids is 2. The molecule has 2 aromatic carbocycles. The van der Waals surface area contributed by atoms with Crippen molar-refractivity contribution in [2.24, 2.45) is 0 Å². The number of nitrogens with zero attached hydrogens (tertiary/aromatic N) is 3. The van der Waals surface area contributed by atoms with Crippen LogP contribution in [0.3, 0.4) is 0 Å². The Bertz CT molecular complexity index is 1130. The number of thiazole rings is 1. The third-order valence-electron chi connectivity index (χ3n) is 5.96. The highest BCUT2D eigenvalue weighted by Gasteiger charge is 2.26. The summed E-state index contributed by atoms with van der Waals surface area (Å²) in [5, 5.41) is 3.45. The fourth-order valence-corrected chi connectivity index (χ4v) is 5.12. The van der Waals surface area contributed by atoms with E-state index in [-0.39, 0.29) is 11.8 Å². The minimum Gasteiger partial charge on any atom is -0.365 e. The number of fused-ring (bicyclic) bond motifs is 1. The number of anilines is 2. The van der Waals surface area contributed by atoms with Crippen LogP contribution in [0.5, 0.6) is 0 Å². The van der Waals surface area contributed by atoms with Crippen molar-refractivity contribution < 1.29 is 9.59 Å². The molecule has 0 radical (unpaired) electrons. The second kappa shape index (κ2) is 9.69. The first kappa shape index (κ1) is 22.3. The predicted molar refractivity (Wildman–Crippen MR) is 131 cm³/mol. The average Bonchev–Trinajstić information content (AvgIpc) is 3.18. The fraction of sp³-hybridized carbons (Fsp3) is 0.400. The van der Waals surface area contributed by atoms with Gasteiger partial charge in [0.1, 0.15) is 0 Å². The third-order valence-corrected chi connectivity index (χ3v) is 6.89. The van der Waals surface area contributed by atoms with Gasteiger partial charge in [-0.05, 0) is 55.7 Å². The fourth-order valence-electron chi connectivity index (χ4n) is 4.17. The number of aromatic nitrogens is 1. The minimum absolute atomic E-state index is 0.0356. The Morgan fingerprint density at radius 3 is 2.78 bits per heavy atom. The molecule has 1 fully saturated rings. The maximum atomic E-state index is 12.9. The number of aryl methyl sites for hydroxylation is 2. The summed E-state index contributed by atoms with van der Waals surface area (Å²) in [6.45, 7) is 8.48. The van der Waals surface area contributed by atoms with Crippen LogP contribution in [0.4, 0.5) is 10.8 Å². The molecule has 4 rings (SSSR count). The number of hydrogen-bond donors (Lipinski definition) is 1. The molecule has 0 bridgehead atoms. The summed E-state index contributed by atoms with van der Waals surface area (Å²) in [6.07, 6.45) is 1.64. The molecule has 0 aliphatic carbocycles. The summed E-state index contributed by atoms with van der Waals surface area (Å²) in [7, 11) is 0. The smallest absolute Gasteiger partial charge is 0.225 e. The Morgan fingerprint density at radius 1 is 1.19 bits per heavy atom. The number of carbonyl (C=O) groups is 2. The van der Waals surface area contributed by atoms with Gasteiger partial charge in [-0.1, -0.05) is 36.5 Å². The van der Waals surface area contributed by atoms with E-state index in [4.69, 9.17) is 0 Å². The molecule has 7 heteroatoms. The first-order valence-corrected chi connectivity index (χ1v) is 12.0. The van der Waals surface area contributed by atoms with Gasteiger partial charge in [0.2, 0.25) is 11.8 Å². The van der Waals surface area contributed by atoms with Gasteiger partial charge in [0.25, 0.3) is 0 Å². The van der Waals surface area contributed by atoms with Crippen molar-refractivity contribution in [3.63, 3.8) is 0 Å². The average molecular weight is 451 g/mol. The lowest BCUT2D eigenvalue weighted by Crippen LogP contribution is -2.53. The van der Waals surface area contributed by atoms with Crippen LogP contribution < -0.4 is 10.2 Å². The van der Waals surface area contributed by atoms with Crippen LogP contribution in [0.2, 0.25) is 0 Å². The van der Waals surface area contributed by atoms with Crippen molar-refractivity contribution in [3.8, 4) is 0 Å². The van der Waals surface area contributed by atoms with Gasteiger partial charge in [0.05, 0.1) is 10.2 Å². The second-order valence-electron chi connectivity index (χ2n) is 8.44. The lowest BCUT2D eigenvalue weighted by Gasteiger charge is -2.41. The lowest BCUT2D eigenvalue weighted by molar-refractivity contribution is -0.131. The zero-order chi connectivity index (χ0) is 22.7. The molecule has 168 valence electrons. The van der Waals surface area contributed by atoms with Crippen LogP contribution in [-0.4, -0.2) is 47.4 Å². The van der Waals surface area contributed by atoms with Gasteiger partial charge in [-0.25, -0.2) is 4.98 Å². The maximum absolute atomic E-state index is 12.9. The van der Waals surface area contributed by atoms with E-state index >= 15 is 0 Å². The molecule has 6 nitrogen and oxygen atoms in total. The SMILES string of the molecule is CCC(=O)Nc1nc2ccc(CCC(=O)N3CCN(c4cccc(C)c4)[C@@H](C)C3)cc2s1. The summed E-state index contributed by atoms with van der Waals surface area (Å²) in [6, 6.07) is 14.9. The van der Waals surface area contributed by atoms with Crippen molar-refractivity contribution in [1.29, 1.82) is 0 Å². The summed E-state index contributed by atoms with van der Waals surface area (Å²) >= 11 is 1.47. The first-order chi connectivity index (χ1) is 15.4. The molecule has 32 heavy (non-hydrogen) atoms. The van der Waals surface area contributed by atoms with Gasteiger partial charge in [-0.15, -0.1) is 0 Å². The molecule has 1 saturated heterocycles. The number of hydrogen-bond acceptors (Lipinski definition) is 5. The Kier molecular flexibility index (Phi) is 6.74. The Labute approximate surface area is 193 Å². The van der Waals surface area contributed by atoms with E-state index in [0.29, 0.717) is 30.4 Å². The van der Waals surface area contributed by atoms with Crippen molar-refractivity contribution in [2.75, 3.05) is 29.9 Å². The molecule has 0 unspecified atom stereocenters. The Hall–Kier alpha value is -2.93. The van der Waals surface area contributed by atoms with E-state index in [1.165, 1.54) is 22.6 Å². The summed E-state index contributed by atoms with van der Waals surface area (Å²) in [5.41, 5.74) is 4.48. The summed E-state index contributed by atoms with van der Waals surface area (Å²) in [5.74, 6) is 0.174. The van der Waals surface area contributed by atoms with E-state index in [1.807, 2.05) is 24.0 Å². The molecular weight excluding hydrogens is 420 g/mol. The first-order valence-electron chi connectivity index (χ1n) is 11.2. The van der Waals surface area contributed by atoms with Crippen LogP contribution in [0.15, 0.2) is 42.5 Å². The normalized spacial score (nSPS) is 16.4. The zero-order valence-corrected chi connectivity index (χ0v) is 19.7. The van der Waals surface area contributed by atoms with Crippen molar-refractivity contribution in [2.45, 2.75) is 46.1 Å². The molecule has 1 N–H and O–H groups in total. The highest BCUT2D eigenvalue weighted by molar-refractivity contribution is 7.22.